The second-order valence-corrected chi connectivity index (χ2v) is 12.3. The maximum atomic E-state index is 11.1. The molecule has 0 radical (unpaired) electrons. The molecule has 1 aliphatic carbocycles. The van der Waals surface area contributed by atoms with E-state index in [1.807, 2.05) is 24.3 Å². The van der Waals surface area contributed by atoms with Gasteiger partial charge in [-0.15, -0.1) is 0 Å². The van der Waals surface area contributed by atoms with Gasteiger partial charge in [0.15, 0.2) is 0 Å². The van der Waals surface area contributed by atoms with Crippen LogP contribution >= 0.6 is 31.9 Å². The molecule has 0 bridgehead atoms. The van der Waals surface area contributed by atoms with Crippen LogP contribution in [-0.2, 0) is 30.1 Å². The van der Waals surface area contributed by atoms with E-state index in [4.69, 9.17) is 0 Å². The minimum atomic E-state index is -4.73. The zero-order valence-electron chi connectivity index (χ0n) is 19.1. The van der Waals surface area contributed by atoms with E-state index in [1.165, 1.54) is 0 Å². The molecule has 0 spiro atoms. The van der Waals surface area contributed by atoms with Crippen LogP contribution in [0.2, 0.25) is 0 Å². The Morgan fingerprint density at radius 1 is 0.765 bits per heavy atom. The van der Waals surface area contributed by atoms with Crippen LogP contribution in [0.15, 0.2) is 45.3 Å². The zero-order valence-corrected chi connectivity index (χ0v) is 27.9. The van der Waals surface area contributed by atoms with Gasteiger partial charge in [-0.2, -0.15) is 0 Å². The molecule has 0 N–H and O–H groups in total. The van der Waals surface area contributed by atoms with Crippen molar-refractivity contribution in [2.75, 3.05) is 12.4 Å². The van der Waals surface area contributed by atoms with Gasteiger partial charge < -0.3 is 9.11 Å². The van der Waals surface area contributed by atoms with Crippen LogP contribution in [0.3, 0.4) is 0 Å². The molecule has 0 atom stereocenters. The molecule has 0 unspecified atom stereocenters. The molecule has 3 rings (SSSR count). The maximum absolute atomic E-state index is 11.1. The van der Waals surface area contributed by atoms with E-state index in [0.717, 1.165) is 31.2 Å². The molecule has 1 aliphatic rings. The van der Waals surface area contributed by atoms with E-state index in [2.05, 4.69) is 48.2 Å². The summed E-state index contributed by atoms with van der Waals surface area (Å²) in [5.74, 6) is -0.408. The number of hydrogen-bond acceptors (Lipinski definition) is 7. The predicted octanol–water partition coefficient (Wildman–Crippen LogP) is -1.15. The Hall–Kier alpha value is 1.18. The summed E-state index contributed by atoms with van der Waals surface area (Å²) >= 11 is 7.09. The van der Waals surface area contributed by atoms with Crippen LogP contribution in [0.25, 0.3) is 11.1 Å². The molecule has 0 aromatic heterocycles. The fraction of sp³-hybridized carbons (Fsp3) is 0.429. The first-order valence-corrected chi connectivity index (χ1v) is 14.6. The Kier molecular flexibility index (Phi) is 13.5. The average Bonchev–Trinajstić information content (AvgIpc) is 2.92. The van der Waals surface area contributed by atoms with Crippen molar-refractivity contribution in [3.8, 4) is 11.1 Å². The smallest absolute Gasteiger partial charge is 0.748 e. The summed E-state index contributed by atoms with van der Waals surface area (Å²) in [6.07, 6.45) is 3.03. The molecule has 7 nitrogen and oxygen atoms in total. The van der Waals surface area contributed by atoms with Crippen molar-refractivity contribution in [1.82, 2.24) is 0 Å². The summed E-state index contributed by atoms with van der Waals surface area (Å²) in [4.78, 5) is 0. The van der Waals surface area contributed by atoms with Crippen LogP contribution in [0.1, 0.15) is 49.7 Å². The Morgan fingerprint density at radius 3 is 1.68 bits per heavy atom. The SMILES string of the molecule is O=S(=O)([O-])CCCCC1(CCCCOS(=O)(=O)[O-])c2cc(Br)ccc2-c2ccc(Br)cc21.[Na+].[Na+]. The topological polar surface area (TPSA) is 124 Å². The van der Waals surface area contributed by atoms with Gasteiger partial charge in [0, 0.05) is 20.1 Å². The van der Waals surface area contributed by atoms with Crippen molar-refractivity contribution in [1.29, 1.82) is 0 Å². The molecule has 34 heavy (non-hydrogen) atoms. The van der Waals surface area contributed by atoms with E-state index in [9.17, 15) is 25.9 Å². The molecule has 13 heteroatoms. The fourth-order valence-corrected chi connectivity index (χ4v) is 6.10. The quantitative estimate of drug-likeness (QED) is 0.130. The number of halogens is 2. The van der Waals surface area contributed by atoms with Crippen LogP contribution in [0, 0.1) is 0 Å². The maximum Gasteiger partial charge on any atom is 1.00 e. The minimum absolute atomic E-state index is 0. The summed E-state index contributed by atoms with van der Waals surface area (Å²) in [7, 11) is -9.01. The van der Waals surface area contributed by atoms with Gasteiger partial charge in [-0.25, -0.2) is 16.8 Å². The monoisotopic (exact) mass is 654 g/mol. The van der Waals surface area contributed by atoms with E-state index < -0.39 is 31.7 Å². The molecule has 0 aliphatic heterocycles. The zero-order chi connectivity index (χ0) is 23.6. The van der Waals surface area contributed by atoms with Crippen molar-refractivity contribution in [2.24, 2.45) is 0 Å². The molecular formula is C21H22Br2Na2O7S2. The van der Waals surface area contributed by atoms with Gasteiger partial charge in [-0.1, -0.05) is 50.4 Å². The van der Waals surface area contributed by atoms with Gasteiger partial charge in [-0.05, 0) is 78.6 Å². The Morgan fingerprint density at radius 2 is 1.24 bits per heavy atom. The van der Waals surface area contributed by atoms with Gasteiger partial charge in [0.2, 0.25) is 10.4 Å². The molecule has 2 aromatic rings. The van der Waals surface area contributed by atoms with Gasteiger partial charge in [0.25, 0.3) is 0 Å². The second-order valence-electron chi connectivity index (χ2n) is 7.87. The third kappa shape index (κ3) is 8.89. The Bertz CT molecular complexity index is 1150. The first kappa shape index (κ1) is 33.2. The summed E-state index contributed by atoms with van der Waals surface area (Å²) in [5, 5.41) is 0. The van der Waals surface area contributed by atoms with Crippen LogP contribution < -0.4 is 59.1 Å². The van der Waals surface area contributed by atoms with E-state index in [-0.39, 0.29) is 72.1 Å². The number of benzene rings is 2. The van der Waals surface area contributed by atoms with Gasteiger partial charge in [0.1, 0.15) is 0 Å². The second kappa shape index (κ2) is 13.8. The number of unbranched alkanes of at least 4 members (excludes halogenated alkanes) is 2. The van der Waals surface area contributed by atoms with Gasteiger partial charge in [0.05, 0.1) is 16.7 Å². The molecule has 0 fully saturated rings. The van der Waals surface area contributed by atoms with Crippen LogP contribution in [0.4, 0.5) is 0 Å². The third-order valence-electron chi connectivity index (χ3n) is 5.76. The Balaban J connectivity index is 0.00000289. The van der Waals surface area contributed by atoms with Crippen molar-refractivity contribution >= 4 is 52.4 Å². The first-order chi connectivity index (χ1) is 14.9. The summed E-state index contributed by atoms with van der Waals surface area (Å²) in [6.45, 7) is -0.187. The van der Waals surface area contributed by atoms with E-state index >= 15 is 0 Å². The van der Waals surface area contributed by atoms with E-state index in [1.54, 1.807) is 0 Å². The molecule has 0 amide bonds. The summed E-state index contributed by atoms with van der Waals surface area (Å²) in [5.41, 5.74) is 3.93. The molecule has 176 valence electrons. The van der Waals surface area contributed by atoms with Crippen molar-refractivity contribution < 1.29 is 89.2 Å². The number of hydrogen-bond donors (Lipinski definition) is 0. The number of fused-ring (bicyclic) bond motifs is 3. The van der Waals surface area contributed by atoms with Crippen LogP contribution in [0.5, 0.6) is 0 Å². The van der Waals surface area contributed by atoms with Crippen LogP contribution in [-0.4, -0.2) is 38.3 Å². The predicted molar refractivity (Wildman–Crippen MR) is 126 cm³/mol. The van der Waals surface area contributed by atoms with E-state index in [0.29, 0.717) is 32.1 Å². The first-order valence-electron chi connectivity index (χ1n) is 10.1. The normalized spacial score (nSPS) is 14.0. The average molecular weight is 656 g/mol. The standard InChI is InChI=1S/C21H24Br2O7S2.2Na/c22-15-5-7-17-18-8-6-16(23)14-20(18)21(19(17)13-15,10-2-4-12-31(24,25)26)9-1-3-11-30-32(27,28)29;;/h5-8,13-14H,1-4,9-12H2,(H,24,25,26)(H,27,28,29);;/q;2*+1/p-2. The van der Waals surface area contributed by atoms with Gasteiger partial charge in [-0.3, -0.25) is 4.18 Å². The fourth-order valence-electron chi connectivity index (χ4n) is 4.50. The minimum Gasteiger partial charge on any atom is -0.748 e. The largest absolute Gasteiger partial charge is 1.00 e. The van der Waals surface area contributed by atoms with Crippen molar-refractivity contribution in [3.05, 3.63) is 56.5 Å². The summed E-state index contributed by atoms with van der Waals surface area (Å²) < 4.78 is 71.5. The molecule has 0 saturated carbocycles. The van der Waals surface area contributed by atoms with Gasteiger partial charge >= 0.3 is 59.1 Å². The van der Waals surface area contributed by atoms with Crippen molar-refractivity contribution in [2.45, 2.75) is 43.9 Å². The Labute approximate surface area is 262 Å². The molecule has 0 saturated heterocycles. The third-order valence-corrected chi connectivity index (χ3v) is 7.99. The molecular weight excluding hydrogens is 634 g/mol. The van der Waals surface area contributed by atoms with Crippen molar-refractivity contribution in [3.63, 3.8) is 0 Å². The molecule has 2 aromatic carbocycles. The number of rotatable bonds is 11. The molecule has 0 heterocycles. The summed E-state index contributed by atoms with van der Waals surface area (Å²) in [6, 6.07) is 12.2.